The van der Waals surface area contributed by atoms with Crippen LogP contribution in [0.4, 0.5) is 0 Å². The first kappa shape index (κ1) is 77.4. The van der Waals surface area contributed by atoms with E-state index < -0.39 is 32.5 Å². The SMILES string of the molecule is CC/C=C\C/C=C\C/C=C\C/C=C\C/C=C\C/C=C\C/C=C\C/C=C\C/C=C\CCCCCCCCCCCCCCCC(=O)OC(COC(=O)CCC/C=C\C/C=C\C/C=C\C/C=C\C/C=C\CC)COP(=O)(O)OCC[N+](C)(C)C. The first-order valence-electron chi connectivity index (χ1n) is 31.9. The van der Waals surface area contributed by atoms with E-state index in [0.717, 1.165) is 116 Å². The van der Waals surface area contributed by atoms with Gasteiger partial charge in [0.15, 0.2) is 6.10 Å². The van der Waals surface area contributed by atoms with Crippen LogP contribution in [-0.2, 0) is 32.7 Å². The number of hydrogen-bond acceptors (Lipinski definition) is 7. The highest BCUT2D eigenvalue weighted by molar-refractivity contribution is 7.47. The van der Waals surface area contributed by atoms with Crippen molar-refractivity contribution in [1.29, 1.82) is 0 Å². The predicted molar refractivity (Wildman–Crippen MR) is 353 cm³/mol. The van der Waals surface area contributed by atoms with E-state index in [1.54, 1.807) is 0 Å². The zero-order valence-electron chi connectivity index (χ0n) is 52.4. The third-order valence-corrected chi connectivity index (χ3v) is 13.7. The van der Waals surface area contributed by atoms with Gasteiger partial charge in [-0.2, -0.15) is 0 Å². The number of phosphoric acid groups is 1. The minimum absolute atomic E-state index is 0.0144. The average Bonchev–Trinajstić information content (AvgIpc) is 3.45. The molecule has 0 spiro atoms. The van der Waals surface area contributed by atoms with Gasteiger partial charge in [-0.15, -0.1) is 0 Å². The molecule has 0 saturated heterocycles. The summed E-state index contributed by atoms with van der Waals surface area (Å²) < 4.78 is 34.5. The Balaban J connectivity index is 4.11. The van der Waals surface area contributed by atoms with E-state index in [4.69, 9.17) is 18.5 Å². The molecule has 0 rings (SSSR count). The molecule has 462 valence electrons. The number of nitrogens with zero attached hydrogens (tertiary/aromatic N) is 1. The molecule has 0 aliphatic heterocycles. The third-order valence-electron chi connectivity index (χ3n) is 12.7. The summed E-state index contributed by atoms with van der Waals surface area (Å²) in [5, 5.41) is 0. The number of hydrogen-bond donors (Lipinski definition) is 1. The first-order chi connectivity index (χ1) is 40.0. The molecule has 2 atom stereocenters. The van der Waals surface area contributed by atoms with Crippen LogP contribution in [-0.4, -0.2) is 74.9 Å². The second-order valence-corrected chi connectivity index (χ2v) is 23.1. The van der Waals surface area contributed by atoms with Crippen LogP contribution < -0.4 is 0 Å². The largest absolute Gasteiger partial charge is 0.472 e. The second-order valence-electron chi connectivity index (χ2n) is 21.7. The van der Waals surface area contributed by atoms with E-state index >= 15 is 0 Å². The molecule has 0 amide bonds. The third kappa shape index (κ3) is 64.5. The maximum Gasteiger partial charge on any atom is 0.472 e. The minimum Gasteiger partial charge on any atom is -0.462 e. The lowest BCUT2D eigenvalue weighted by molar-refractivity contribution is -0.870. The number of carbonyl (C=O) groups excluding carboxylic acids is 2. The van der Waals surface area contributed by atoms with Crippen molar-refractivity contribution in [2.75, 3.05) is 47.5 Å². The standard InChI is InChI=1S/C72H116NO8P/c1-6-8-10-12-14-16-18-20-22-24-25-26-27-28-29-30-31-32-33-34-35-36-37-38-39-40-41-42-43-44-45-46-47-49-51-53-55-57-59-61-63-65-72(75)81-70(69-80-82(76,77)79-67-66-73(3,4)5)68-78-71(74)64-62-60-58-56-54-52-50-48-23-21-19-17-15-13-11-9-7-2/h8-11,14-17,20-23,25-26,28-29,31-32,34-35,37-38,40-41,50,52,56,58,70H,6-7,12-13,18-19,24,27,30,33,36,39,42-49,51,53-55,57,59-69H2,1-5H3/p+1/b10-8-,11-9-,16-14-,17-15-,22-20-,23-21-,26-25-,29-28-,32-31-,35-34-,38-37-,41-40-,52-50-,58-56-. The molecule has 0 aromatic heterocycles. The fraction of sp³-hybridized carbons (Fsp3) is 0.583. The normalized spacial score (nSPS) is 14.4. The van der Waals surface area contributed by atoms with Crippen LogP contribution in [0.3, 0.4) is 0 Å². The molecule has 0 aliphatic carbocycles. The summed E-state index contributed by atoms with van der Waals surface area (Å²) in [6.07, 6.45) is 93.1. The monoisotopic (exact) mass is 1150 g/mol. The second kappa shape index (κ2) is 60.9. The average molecular weight is 1160 g/mol. The number of allylic oxidation sites excluding steroid dienone is 28. The summed E-state index contributed by atoms with van der Waals surface area (Å²) in [7, 11) is 1.43. The number of unbranched alkanes of at least 4 members (excludes halogenated alkanes) is 14. The first-order valence-corrected chi connectivity index (χ1v) is 33.4. The van der Waals surface area contributed by atoms with Crippen molar-refractivity contribution in [3.8, 4) is 0 Å². The zero-order valence-corrected chi connectivity index (χ0v) is 53.3. The Kier molecular flexibility index (Phi) is 57.5. The van der Waals surface area contributed by atoms with E-state index in [1.165, 1.54) is 64.2 Å². The summed E-state index contributed by atoms with van der Waals surface area (Å²) in [6, 6.07) is 0. The molecule has 0 aliphatic rings. The zero-order chi connectivity index (χ0) is 59.8. The van der Waals surface area contributed by atoms with Gasteiger partial charge in [-0.3, -0.25) is 18.6 Å². The molecule has 0 fully saturated rings. The molecule has 0 aromatic rings. The Bertz CT molecular complexity index is 1990. The van der Waals surface area contributed by atoms with E-state index in [2.05, 4.69) is 184 Å². The van der Waals surface area contributed by atoms with Gasteiger partial charge in [0.25, 0.3) is 0 Å². The van der Waals surface area contributed by atoms with Gasteiger partial charge in [0.2, 0.25) is 0 Å². The predicted octanol–water partition coefficient (Wildman–Crippen LogP) is 20.6. The van der Waals surface area contributed by atoms with Gasteiger partial charge in [0, 0.05) is 12.8 Å². The van der Waals surface area contributed by atoms with Crippen LogP contribution in [0.1, 0.15) is 219 Å². The number of carbonyl (C=O) groups is 2. The Hall–Kier alpha value is -4.63. The number of phosphoric ester groups is 1. The maximum absolute atomic E-state index is 12.8. The van der Waals surface area contributed by atoms with E-state index in [9.17, 15) is 19.0 Å². The van der Waals surface area contributed by atoms with Gasteiger partial charge in [0.1, 0.15) is 19.8 Å². The molecule has 2 unspecified atom stereocenters. The van der Waals surface area contributed by atoms with Crippen molar-refractivity contribution in [3.05, 3.63) is 170 Å². The smallest absolute Gasteiger partial charge is 0.462 e. The number of quaternary nitrogens is 1. The fourth-order valence-corrected chi connectivity index (χ4v) is 8.67. The highest BCUT2D eigenvalue weighted by Gasteiger charge is 2.27. The van der Waals surface area contributed by atoms with Gasteiger partial charge >= 0.3 is 19.8 Å². The molecule has 0 radical (unpaired) electrons. The van der Waals surface area contributed by atoms with Crippen LogP contribution in [0.5, 0.6) is 0 Å². The highest BCUT2D eigenvalue weighted by Crippen LogP contribution is 2.43. The molecular weight excluding hydrogens is 1040 g/mol. The number of likely N-dealkylation sites (N-methyl/N-ethyl adjacent to an activating group) is 1. The highest BCUT2D eigenvalue weighted by atomic mass is 31.2. The molecular formula is C72H117NO8P+. The Morgan fingerprint density at radius 3 is 1.01 bits per heavy atom. The lowest BCUT2D eigenvalue weighted by atomic mass is 10.0. The van der Waals surface area contributed by atoms with Crippen LogP contribution in [0.2, 0.25) is 0 Å². The molecule has 0 bridgehead atoms. The Morgan fingerprint density at radius 2 is 0.671 bits per heavy atom. The van der Waals surface area contributed by atoms with Crippen LogP contribution >= 0.6 is 7.82 Å². The molecule has 10 heteroatoms. The van der Waals surface area contributed by atoms with Gasteiger partial charge in [-0.05, 0) is 122 Å². The van der Waals surface area contributed by atoms with Crippen molar-refractivity contribution in [3.63, 3.8) is 0 Å². The van der Waals surface area contributed by atoms with Crippen LogP contribution in [0.15, 0.2) is 170 Å². The van der Waals surface area contributed by atoms with Crippen molar-refractivity contribution in [2.24, 2.45) is 0 Å². The fourth-order valence-electron chi connectivity index (χ4n) is 7.93. The van der Waals surface area contributed by atoms with Gasteiger partial charge < -0.3 is 18.9 Å². The summed E-state index contributed by atoms with van der Waals surface area (Å²) in [5.74, 6) is -0.878. The summed E-state index contributed by atoms with van der Waals surface area (Å²) >= 11 is 0. The van der Waals surface area contributed by atoms with Crippen molar-refractivity contribution in [1.82, 2.24) is 0 Å². The molecule has 0 aromatic carbocycles. The van der Waals surface area contributed by atoms with Crippen LogP contribution in [0.25, 0.3) is 0 Å². The molecule has 0 heterocycles. The van der Waals surface area contributed by atoms with E-state index in [0.29, 0.717) is 23.9 Å². The maximum atomic E-state index is 12.8. The van der Waals surface area contributed by atoms with E-state index in [-0.39, 0.29) is 26.1 Å². The Labute approximate surface area is 502 Å². The lowest BCUT2D eigenvalue weighted by Gasteiger charge is -2.24. The van der Waals surface area contributed by atoms with Crippen molar-refractivity contribution >= 4 is 19.8 Å². The van der Waals surface area contributed by atoms with E-state index in [1.807, 2.05) is 21.1 Å². The van der Waals surface area contributed by atoms with Gasteiger partial charge in [-0.25, -0.2) is 4.57 Å². The van der Waals surface area contributed by atoms with Crippen molar-refractivity contribution < 1.29 is 42.1 Å². The summed E-state index contributed by atoms with van der Waals surface area (Å²) in [4.78, 5) is 35.7. The number of rotatable bonds is 56. The minimum atomic E-state index is -4.41. The molecule has 1 N–H and O–H groups in total. The molecule has 9 nitrogen and oxygen atoms in total. The summed E-state index contributed by atoms with van der Waals surface area (Å²) in [5.41, 5.74) is 0. The quantitative estimate of drug-likeness (QED) is 0.0211. The molecule has 0 saturated carbocycles. The lowest BCUT2D eigenvalue weighted by Crippen LogP contribution is -2.37. The number of ether oxygens (including phenoxy) is 2. The van der Waals surface area contributed by atoms with Gasteiger partial charge in [0.05, 0.1) is 27.7 Å². The number of esters is 2. The molecule has 82 heavy (non-hydrogen) atoms. The summed E-state index contributed by atoms with van der Waals surface area (Å²) in [6.45, 7) is 4.11. The topological polar surface area (TPSA) is 108 Å². The Morgan fingerprint density at radius 1 is 0.378 bits per heavy atom. The van der Waals surface area contributed by atoms with Crippen molar-refractivity contribution in [2.45, 2.75) is 225 Å². The van der Waals surface area contributed by atoms with Crippen LogP contribution in [0, 0.1) is 0 Å². The van der Waals surface area contributed by atoms with Gasteiger partial charge in [-0.1, -0.05) is 255 Å².